The minimum absolute atomic E-state index is 0.108. The van der Waals surface area contributed by atoms with Crippen molar-refractivity contribution >= 4 is 17.5 Å². The second-order valence-electron chi connectivity index (χ2n) is 8.23. The van der Waals surface area contributed by atoms with Crippen molar-refractivity contribution in [1.29, 1.82) is 0 Å². The number of rotatable bonds is 5. The lowest BCUT2D eigenvalue weighted by Crippen LogP contribution is -2.32. The number of ketones is 1. The number of Topliss-reactive ketones (excluding diaryl/α,β-unsaturated/α-hetero) is 1. The Morgan fingerprint density at radius 3 is 2.83 bits per heavy atom. The number of hydrogen-bond donors (Lipinski definition) is 1. The number of aryl methyl sites for hydroxylation is 1. The number of carbonyl (C=O) groups excluding carboxylic acids is 1. The van der Waals surface area contributed by atoms with Gasteiger partial charge in [-0.05, 0) is 36.1 Å². The van der Waals surface area contributed by atoms with E-state index in [1.54, 1.807) is 6.20 Å². The molecule has 1 aromatic carbocycles. The predicted octanol–water partition coefficient (Wildman–Crippen LogP) is 3.87. The SMILES string of the molecule is Cc1cc(C(=O)Cc2cccc(C(C)C)c2)cc(N2CCc3nc(N)ncc3C2)n1. The van der Waals surface area contributed by atoms with Crippen LogP contribution in [0.2, 0.25) is 0 Å². The fraction of sp³-hybridized carbons (Fsp3) is 0.333. The van der Waals surface area contributed by atoms with Crippen molar-refractivity contribution in [3.63, 3.8) is 0 Å². The Labute approximate surface area is 177 Å². The minimum atomic E-state index is 0.108. The quantitative estimate of drug-likeness (QED) is 0.653. The third kappa shape index (κ3) is 4.32. The van der Waals surface area contributed by atoms with Crippen molar-refractivity contribution in [1.82, 2.24) is 15.0 Å². The molecule has 4 rings (SSSR count). The molecule has 3 heterocycles. The molecule has 30 heavy (non-hydrogen) atoms. The Bertz CT molecular complexity index is 1090. The van der Waals surface area contributed by atoms with Crippen molar-refractivity contribution in [2.45, 2.75) is 46.1 Å². The summed E-state index contributed by atoms with van der Waals surface area (Å²) < 4.78 is 0. The highest BCUT2D eigenvalue weighted by molar-refractivity contribution is 5.98. The van der Waals surface area contributed by atoms with E-state index >= 15 is 0 Å². The summed E-state index contributed by atoms with van der Waals surface area (Å²) in [7, 11) is 0. The molecule has 1 aliphatic rings. The zero-order chi connectivity index (χ0) is 21.3. The largest absolute Gasteiger partial charge is 0.368 e. The number of nitrogens with zero attached hydrogens (tertiary/aromatic N) is 4. The molecule has 0 aliphatic carbocycles. The first-order valence-electron chi connectivity index (χ1n) is 10.3. The highest BCUT2D eigenvalue weighted by Crippen LogP contribution is 2.24. The molecule has 0 atom stereocenters. The first-order chi connectivity index (χ1) is 14.4. The molecule has 0 amide bonds. The average molecular weight is 402 g/mol. The van der Waals surface area contributed by atoms with E-state index in [1.807, 2.05) is 31.2 Å². The fourth-order valence-electron chi connectivity index (χ4n) is 3.85. The van der Waals surface area contributed by atoms with Crippen LogP contribution in [-0.2, 0) is 19.4 Å². The molecular weight excluding hydrogens is 374 g/mol. The van der Waals surface area contributed by atoms with Crippen molar-refractivity contribution in [2.24, 2.45) is 0 Å². The number of pyridine rings is 1. The molecule has 2 N–H and O–H groups in total. The van der Waals surface area contributed by atoms with Crippen molar-refractivity contribution in [2.75, 3.05) is 17.2 Å². The van der Waals surface area contributed by atoms with Gasteiger partial charge in [-0.1, -0.05) is 38.1 Å². The smallest absolute Gasteiger partial charge is 0.220 e. The van der Waals surface area contributed by atoms with Crippen LogP contribution < -0.4 is 10.6 Å². The van der Waals surface area contributed by atoms with Gasteiger partial charge >= 0.3 is 0 Å². The molecule has 6 heteroatoms. The van der Waals surface area contributed by atoms with Gasteiger partial charge in [0.05, 0.1) is 5.69 Å². The maximum Gasteiger partial charge on any atom is 0.220 e. The zero-order valence-electron chi connectivity index (χ0n) is 17.7. The monoisotopic (exact) mass is 401 g/mol. The number of hydrogen-bond acceptors (Lipinski definition) is 6. The summed E-state index contributed by atoms with van der Waals surface area (Å²) >= 11 is 0. The zero-order valence-corrected chi connectivity index (χ0v) is 17.7. The molecule has 1 aliphatic heterocycles. The van der Waals surface area contributed by atoms with Crippen LogP contribution in [-0.4, -0.2) is 27.3 Å². The summed E-state index contributed by atoms with van der Waals surface area (Å²) in [5.74, 6) is 1.68. The van der Waals surface area contributed by atoms with Crippen LogP contribution in [0, 0.1) is 6.92 Å². The lowest BCUT2D eigenvalue weighted by Gasteiger charge is -2.29. The number of fused-ring (bicyclic) bond motifs is 1. The summed E-state index contributed by atoms with van der Waals surface area (Å²) in [5.41, 5.74) is 11.6. The molecule has 0 saturated carbocycles. The summed E-state index contributed by atoms with van der Waals surface area (Å²) in [5, 5.41) is 0. The Morgan fingerprint density at radius 2 is 2.03 bits per heavy atom. The average Bonchev–Trinajstić information content (AvgIpc) is 2.73. The second kappa shape index (κ2) is 8.22. The lowest BCUT2D eigenvalue weighted by molar-refractivity contribution is 0.0992. The third-order valence-corrected chi connectivity index (χ3v) is 5.52. The van der Waals surface area contributed by atoms with Crippen LogP contribution in [0.25, 0.3) is 0 Å². The maximum atomic E-state index is 13.0. The van der Waals surface area contributed by atoms with E-state index in [1.165, 1.54) is 5.56 Å². The summed E-state index contributed by atoms with van der Waals surface area (Å²) in [6.07, 6.45) is 2.95. The highest BCUT2D eigenvalue weighted by atomic mass is 16.1. The Morgan fingerprint density at radius 1 is 1.20 bits per heavy atom. The van der Waals surface area contributed by atoms with Crippen molar-refractivity contribution in [3.8, 4) is 0 Å². The van der Waals surface area contributed by atoms with E-state index in [2.05, 4.69) is 45.8 Å². The van der Waals surface area contributed by atoms with Gasteiger partial charge in [-0.2, -0.15) is 0 Å². The topological polar surface area (TPSA) is 85.0 Å². The van der Waals surface area contributed by atoms with Gasteiger partial charge < -0.3 is 10.6 Å². The first-order valence-corrected chi connectivity index (χ1v) is 10.3. The van der Waals surface area contributed by atoms with E-state index in [-0.39, 0.29) is 5.78 Å². The molecule has 0 bridgehead atoms. The molecule has 0 fully saturated rings. The molecule has 3 aromatic rings. The van der Waals surface area contributed by atoms with E-state index in [4.69, 9.17) is 5.73 Å². The van der Waals surface area contributed by atoms with E-state index in [9.17, 15) is 4.79 Å². The van der Waals surface area contributed by atoms with Crippen molar-refractivity contribution in [3.05, 3.63) is 76.2 Å². The second-order valence-corrected chi connectivity index (χ2v) is 8.23. The van der Waals surface area contributed by atoms with Crippen LogP contribution in [0.15, 0.2) is 42.6 Å². The van der Waals surface area contributed by atoms with Gasteiger partial charge in [0.25, 0.3) is 0 Å². The number of nitrogens with two attached hydrogens (primary N) is 1. The normalized spacial score (nSPS) is 13.4. The summed E-state index contributed by atoms with van der Waals surface area (Å²) in [6.45, 7) is 7.70. The molecule has 154 valence electrons. The minimum Gasteiger partial charge on any atom is -0.368 e. The van der Waals surface area contributed by atoms with Gasteiger partial charge in [0.1, 0.15) is 5.82 Å². The number of carbonyl (C=O) groups is 1. The van der Waals surface area contributed by atoms with Crippen LogP contribution in [0.4, 0.5) is 11.8 Å². The van der Waals surface area contributed by atoms with Gasteiger partial charge in [0, 0.05) is 48.9 Å². The summed E-state index contributed by atoms with van der Waals surface area (Å²) in [6, 6.07) is 12.1. The standard InChI is InChI=1S/C24H27N5O/c1-15(2)18-6-4-5-17(10-18)11-22(30)19-9-16(3)27-23(12-19)29-8-7-21-20(14-29)13-26-24(25)28-21/h4-6,9-10,12-13,15H,7-8,11,14H2,1-3H3,(H2,25,26,28). The molecule has 0 saturated heterocycles. The molecule has 0 spiro atoms. The van der Waals surface area contributed by atoms with E-state index in [0.29, 0.717) is 30.4 Å². The summed E-state index contributed by atoms with van der Waals surface area (Å²) in [4.78, 5) is 28.3. The van der Waals surface area contributed by atoms with Crippen LogP contribution in [0.5, 0.6) is 0 Å². The molecular formula is C24H27N5O. The van der Waals surface area contributed by atoms with Gasteiger partial charge in [0.2, 0.25) is 5.95 Å². The van der Waals surface area contributed by atoms with Crippen molar-refractivity contribution < 1.29 is 4.79 Å². The Kier molecular flexibility index (Phi) is 5.48. The fourth-order valence-corrected chi connectivity index (χ4v) is 3.85. The number of anilines is 2. The highest BCUT2D eigenvalue weighted by Gasteiger charge is 2.21. The molecule has 0 radical (unpaired) electrons. The predicted molar refractivity (Wildman–Crippen MR) is 119 cm³/mol. The van der Waals surface area contributed by atoms with Gasteiger partial charge in [-0.25, -0.2) is 15.0 Å². The molecule has 2 aromatic heterocycles. The lowest BCUT2D eigenvalue weighted by atomic mass is 9.97. The number of benzene rings is 1. The first kappa shape index (κ1) is 20.0. The molecule has 6 nitrogen and oxygen atoms in total. The van der Waals surface area contributed by atoms with E-state index < -0.39 is 0 Å². The van der Waals surface area contributed by atoms with E-state index in [0.717, 1.165) is 41.3 Å². The van der Waals surface area contributed by atoms with Gasteiger partial charge in [-0.15, -0.1) is 0 Å². The molecule has 0 unspecified atom stereocenters. The van der Waals surface area contributed by atoms with Crippen LogP contribution in [0.3, 0.4) is 0 Å². The van der Waals surface area contributed by atoms with Gasteiger partial charge in [0.15, 0.2) is 5.78 Å². The van der Waals surface area contributed by atoms with Gasteiger partial charge in [-0.3, -0.25) is 4.79 Å². The van der Waals surface area contributed by atoms with Crippen LogP contribution in [0.1, 0.15) is 58.2 Å². The Hall–Kier alpha value is -3.28. The Balaban J connectivity index is 1.55. The van der Waals surface area contributed by atoms with Crippen LogP contribution >= 0.6 is 0 Å². The third-order valence-electron chi connectivity index (χ3n) is 5.52. The number of aromatic nitrogens is 3. The number of nitrogen functional groups attached to an aromatic ring is 1. The maximum absolute atomic E-state index is 13.0.